The molecule has 0 N–H and O–H groups in total. The van der Waals surface area contributed by atoms with Gasteiger partial charge in [0.15, 0.2) is 0 Å². The fourth-order valence-corrected chi connectivity index (χ4v) is 3.03. The van der Waals surface area contributed by atoms with Gasteiger partial charge < -0.3 is 0 Å². The number of urea groups is 1. The smallest absolute Gasteiger partial charge is 0.269 e. The number of carbonyl (C=O) groups excluding carboxylic acids is 2. The van der Waals surface area contributed by atoms with Gasteiger partial charge in [0.25, 0.3) is 17.8 Å². The van der Waals surface area contributed by atoms with Crippen LogP contribution in [0.25, 0.3) is 0 Å². The van der Waals surface area contributed by atoms with Crippen LogP contribution in [0.15, 0.2) is 23.2 Å². The second kappa shape index (κ2) is 5.58. The third kappa shape index (κ3) is 2.49. The highest BCUT2D eigenvalue weighted by Crippen LogP contribution is 2.24. The van der Waals surface area contributed by atoms with Crippen molar-refractivity contribution in [2.45, 2.75) is 12.6 Å². The van der Waals surface area contributed by atoms with E-state index in [1.807, 2.05) is 0 Å². The van der Waals surface area contributed by atoms with Gasteiger partial charge in [-0.1, -0.05) is 17.7 Å². The predicted octanol–water partition coefficient (Wildman–Crippen LogP) is 1.89. The lowest BCUT2D eigenvalue weighted by Crippen LogP contribution is -2.61. The normalized spacial score (nSPS) is 21.1. The van der Waals surface area contributed by atoms with Crippen molar-refractivity contribution in [1.82, 2.24) is 9.80 Å². The Morgan fingerprint density at radius 3 is 2.61 bits per heavy atom. The quantitative estimate of drug-likeness (QED) is 0.599. The number of halogens is 3. The van der Waals surface area contributed by atoms with Crippen molar-refractivity contribution < 1.29 is 18.6 Å². The van der Waals surface area contributed by atoms with E-state index in [1.165, 1.54) is 41.8 Å². The molecule has 2 heterocycles. The summed E-state index contributed by atoms with van der Waals surface area (Å²) in [6.07, 6.45) is 0. The zero-order chi connectivity index (χ0) is 16.9. The van der Waals surface area contributed by atoms with Crippen molar-refractivity contribution in [3.63, 3.8) is 0 Å². The van der Waals surface area contributed by atoms with E-state index in [0.29, 0.717) is 5.56 Å². The number of hydrogen-bond acceptors (Lipinski definition) is 3. The van der Waals surface area contributed by atoms with E-state index in [4.69, 9.17) is 23.2 Å². The molecular weight excluding hydrogens is 346 g/mol. The molecule has 1 saturated heterocycles. The Kier molecular flexibility index (Phi) is 3.85. The summed E-state index contributed by atoms with van der Waals surface area (Å²) in [5.41, 5.74) is 0.595. The third-order valence-corrected chi connectivity index (χ3v) is 4.49. The van der Waals surface area contributed by atoms with E-state index in [1.54, 1.807) is 0 Å². The van der Waals surface area contributed by atoms with Gasteiger partial charge in [0.05, 0.1) is 5.02 Å². The Morgan fingerprint density at radius 2 is 1.96 bits per heavy atom. The molecule has 3 rings (SSSR count). The first-order valence-corrected chi connectivity index (χ1v) is 7.43. The van der Waals surface area contributed by atoms with Gasteiger partial charge in [-0.15, -0.1) is 0 Å². The topological polar surface area (TPSA) is 56.0 Å². The number of rotatable bonds is 2. The minimum atomic E-state index is -0.809. The lowest BCUT2D eigenvalue weighted by atomic mass is 10.1. The number of fused-ring (bicyclic) bond motifs is 1. The number of amidine groups is 2. The van der Waals surface area contributed by atoms with Crippen molar-refractivity contribution in [1.29, 1.82) is 0 Å². The molecule has 6 nitrogen and oxygen atoms in total. The van der Waals surface area contributed by atoms with Crippen LogP contribution < -0.4 is 0 Å². The lowest BCUT2D eigenvalue weighted by molar-refractivity contribution is -0.549. The van der Waals surface area contributed by atoms with Crippen LogP contribution in [-0.4, -0.2) is 57.6 Å². The third-order valence-electron chi connectivity index (χ3n) is 3.84. The maximum Gasteiger partial charge on any atom is 0.394 e. The van der Waals surface area contributed by atoms with Crippen LogP contribution >= 0.6 is 23.2 Å². The molecule has 3 amide bonds. The number of likely N-dealkylation sites (N-methyl/N-ethyl adjacent to an activating group) is 2. The van der Waals surface area contributed by atoms with E-state index in [2.05, 4.69) is 4.99 Å². The summed E-state index contributed by atoms with van der Waals surface area (Å²) < 4.78 is 14.7. The summed E-state index contributed by atoms with van der Waals surface area (Å²) in [5.74, 6) is -0.618. The van der Waals surface area contributed by atoms with Crippen molar-refractivity contribution in [3.05, 3.63) is 34.6 Å². The molecule has 0 saturated carbocycles. The first-order valence-electron chi connectivity index (χ1n) is 6.68. The number of amides is 3. The van der Waals surface area contributed by atoms with Crippen LogP contribution in [0, 0.1) is 5.82 Å². The maximum absolute atomic E-state index is 13.2. The van der Waals surface area contributed by atoms with Crippen LogP contribution in [0.5, 0.6) is 0 Å². The molecule has 9 heteroatoms. The summed E-state index contributed by atoms with van der Waals surface area (Å²) >= 11 is 12.2. The van der Waals surface area contributed by atoms with Crippen molar-refractivity contribution >= 4 is 46.3 Å². The molecule has 0 bridgehead atoms. The minimum absolute atomic E-state index is 0.0775. The lowest BCUT2D eigenvalue weighted by Gasteiger charge is -2.30. The zero-order valence-electron chi connectivity index (χ0n) is 12.3. The summed E-state index contributed by atoms with van der Waals surface area (Å²) in [5, 5.41) is 0.303. The van der Waals surface area contributed by atoms with Gasteiger partial charge in [-0.25, -0.2) is 13.8 Å². The van der Waals surface area contributed by atoms with E-state index in [9.17, 15) is 14.0 Å². The van der Waals surface area contributed by atoms with Crippen LogP contribution in [-0.2, 0) is 11.3 Å². The highest BCUT2D eigenvalue weighted by Gasteiger charge is 2.52. The van der Waals surface area contributed by atoms with Crippen molar-refractivity contribution in [3.8, 4) is 0 Å². The molecule has 1 aromatic carbocycles. The van der Waals surface area contributed by atoms with E-state index in [-0.39, 0.29) is 22.7 Å². The molecule has 0 aromatic heterocycles. The molecule has 2 aliphatic rings. The summed E-state index contributed by atoms with van der Waals surface area (Å²) in [6.45, 7) is 0.164. The number of nitrogens with zero attached hydrogens (tertiary/aromatic N) is 4. The molecular formula is C14H12Cl2FN4O2+. The Morgan fingerprint density at radius 1 is 1.26 bits per heavy atom. The molecule has 2 aliphatic heterocycles. The fraction of sp³-hybridized carbons (Fsp3) is 0.286. The van der Waals surface area contributed by atoms with Gasteiger partial charge >= 0.3 is 11.3 Å². The summed E-state index contributed by atoms with van der Waals surface area (Å²) in [6, 6.07) is 2.70. The van der Waals surface area contributed by atoms with Crippen LogP contribution in [0.2, 0.25) is 5.02 Å². The molecule has 0 radical (unpaired) electrons. The minimum Gasteiger partial charge on any atom is -0.269 e. The number of imide groups is 1. The van der Waals surface area contributed by atoms with Gasteiger partial charge in [0.2, 0.25) is 0 Å². The Balaban J connectivity index is 1.97. The van der Waals surface area contributed by atoms with Gasteiger partial charge in [-0.2, -0.15) is 0 Å². The molecule has 1 atom stereocenters. The Hall–Kier alpha value is -1.99. The second-order valence-corrected chi connectivity index (χ2v) is 5.99. The van der Waals surface area contributed by atoms with Crippen LogP contribution in [0.4, 0.5) is 9.18 Å². The molecule has 1 fully saturated rings. The predicted molar refractivity (Wildman–Crippen MR) is 83.4 cm³/mol. The molecule has 0 spiro atoms. The number of aliphatic imine (C=N–C) groups is 1. The number of benzene rings is 1. The van der Waals surface area contributed by atoms with Gasteiger partial charge in [0.1, 0.15) is 12.4 Å². The van der Waals surface area contributed by atoms with Crippen molar-refractivity contribution in [2.24, 2.45) is 4.99 Å². The van der Waals surface area contributed by atoms with Gasteiger partial charge in [-0.05, 0) is 17.1 Å². The highest BCUT2D eigenvalue weighted by molar-refractivity contribution is 6.65. The van der Waals surface area contributed by atoms with Crippen LogP contribution in [0.3, 0.4) is 0 Å². The molecule has 0 aliphatic carbocycles. The average Bonchev–Trinajstić information content (AvgIpc) is 2.83. The molecule has 120 valence electrons. The van der Waals surface area contributed by atoms with E-state index in [0.717, 1.165) is 4.90 Å². The Bertz CT molecular complexity index is 793. The van der Waals surface area contributed by atoms with E-state index < -0.39 is 23.8 Å². The van der Waals surface area contributed by atoms with Gasteiger partial charge in [-0.3, -0.25) is 14.6 Å². The summed E-state index contributed by atoms with van der Waals surface area (Å²) in [7, 11) is 2.92. The van der Waals surface area contributed by atoms with Gasteiger partial charge in [0, 0.05) is 31.3 Å². The first kappa shape index (κ1) is 15.9. The molecule has 23 heavy (non-hydrogen) atoms. The monoisotopic (exact) mass is 357 g/mol. The number of carbonyl (C=O) groups is 2. The second-order valence-electron chi connectivity index (χ2n) is 5.24. The molecule has 1 aromatic rings. The first-order chi connectivity index (χ1) is 10.8. The SMILES string of the molecule is CN1C(=O)C2C(=NC(Cl)=[N+]2Cc2ccc(F)cc2Cl)N(C)C1=O. The van der Waals surface area contributed by atoms with Crippen molar-refractivity contribution in [2.75, 3.05) is 14.1 Å². The molecule has 1 unspecified atom stereocenters. The highest BCUT2D eigenvalue weighted by atomic mass is 35.5. The number of hydrogen-bond donors (Lipinski definition) is 0. The Labute approximate surface area is 141 Å². The maximum atomic E-state index is 13.2. The summed E-state index contributed by atoms with van der Waals surface area (Å²) in [4.78, 5) is 30.8. The average molecular weight is 358 g/mol. The van der Waals surface area contributed by atoms with E-state index >= 15 is 0 Å². The fourth-order valence-electron chi connectivity index (χ4n) is 2.56. The largest absolute Gasteiger partial charge is 0.394 e. The van der Waals surface area contributed by atoms with Crippen LogP contribution in [0.1, 0.15) is 5.56 Å². The standard InChI is InChI=1S/C14H12Cl2FN4O2/c1-19-11-10(12(22)20(2)14(19)23)21(13(16)18-11)6-7-3-4-8(17)5-9(7)15/h3-5,10H,6H2,1-2H3/q+1. The zero-order valence-corrected chi connectivity index (χ0v) is 13.8.